The lowest BCUT2D eigenvalue weighted by molar-refractivity contribution is -0.148. The van der Waals surface area contributed by atoms with Crippen LogP contribution in [0.2, 0.25) is 0 Å². The predicted molar refractivity (Wildman–Crippen MR) is 129 cm³/mol. The Morgan fingerprint density at radius 3 is 2.50 bits per heavy atom. The van der Waals surface area contributed by atoms with E-state index in [4.69, 9.17) is 4.74 Å². The number of rotatable bonds is 7. The van der Waals surface area contributed by atoms with Gasteiger partial charge in [-0.15, -0.1) is 0 Å². The molecule has 1 fully saturated rings. The number of anilines is 2. The highest BCUT2D eigenvalue weighted by Crippen LogP contribution is 2.29. The van der Waals surface area contributed by atoms with E-state index in [2.05, 4.69) is 9.71 Å². The number of carbonyl (C=O) groups excluding carboxylic acids is 1. The summed E-state index contributed by atoms with van der Waals surface area (Å²) in [6.45, 7) is 8.95. The van der Waals surface area contributed by atoms with Crippen LogP contribution in [-0.2, 0) is 25.0 Å². The van der Waals surface area contributed by atoms with E-state index >= 15 is 0 Å². The number of hydrogen-bond donors (Lipinski definition) is 2. The fourth-order valence-electron chi connectivity index (χ4n) is 3.89. The Bertz CT molecular complexity index is 1160. The van der Waals surface area contributed by atoms with Crippen LogP contribution in [0.3, 0.4) is 0 Å². The third-order valence-corrected chi connectivity index (χ3v) is 7.12. The minimum Gasteiger partial charge on any atom is -0.478 e. The topological polar surface area (TPSA) is 126 Å². The predicted octanol–water partition coefficient (Wildman–Crippen LogP) is 3.66. The van der Waals surface area contributed by atoms with Crippen LogP contribution in [0, 0.1) is 5.92 Å². The lowest BCUT2D eigenvalue weighted by Crippen LogP contribution is -2.40. The highest BCUT2D eigenvalue weighted by atomic mass is 32.2. The molecule has 1 atom stereocenters. The molecule has 34 heavy (non-hydrogen) atoms. The molecule has 2 heterocycles. The summed E-state index contributed by atoms with van der Waals surface area (Å²) in [6, 6.07) is 7.81. The average molecular weight is 490 g/mol. The Hall–Kier alpha value is -3.14. The van der Waals surface area contributed by atoms with Crippen LogP contribution >= 0.6 is 0 Å². The lowest BCUT2D eigenvalue weighted by Gasteiger charge is -2.33. The summed E-state index contributed by atoms with van der Waals surface area (Å²) in [4.78, 5) is 30.2. The first-order valence-electron chi connectivity index (χ1n) is 11.2. The van der Waals surface area contributed by atoms with Crippen molar-refractivity contribution in [1.29, 1.82) is 0 Å². The summed E-state index contributed by atoms with van der Waals surface area (Å²) < 4.78 is 33.2. The van der Waals surface area contributed by atoms with Gasteiger partial charge in [0.05, 0.1) is 29.3 Å². The zero-order chi connectivity index (χ0) is 25.1. The summed E-state index contributed by atoms with van der Waals surface area (Å²) in [7, 11) is -3.94. The van der Waals surface area contributed by atoms with Crippen molar-refractivity contribution in [1.82, 2.24) is 4.98 Å². The van der Waals surface area contributed by atoms with Crippen LogP contribution in [-0.4, -0.2) is 50.1 Å². The molecule has 2 aromatic rings. The van der Waals surface area contributed by atoms with E-state index in [0.29, 0.717) is 19.4 Å². The Kier molecular flexibility index (Phi) is 7.50. The van der Waals surface area contributed by atoms with Gasteiger partial charge in [0.2, 0.25) is 0 Å². The maximum absolute atomic E-state index is 12.9. The maximum Gasteiger partial charge on any atom is 0.339 e. The van der Waals surface area contributed by atoms with E-state index in [1.54, 1.807) is 24.0 Å². The van der Waals surface area contributed by atoms with Crippen molar-refractivity contribution in [2.24, 2.45) is 5.92 Å². The fraction of sp³-hybridized carbons (Fsp3) is 0.458. The number of carboxylic acids is 1. The van der Waals surface area contributed by atoms with E-state index in [-0.39, 0.29) is 52.4 Å². The van der Waals surface area contributed by atoms with E-state index in [1.807, 2.05) is 20.8 Å². The second kappa shape index (κ2) is 10.0. The second-order valence-corrected chi connectivity index (χ2v) is 11.0. The number of piperidine rings is 1. The maximum atomic E-state index is 12.9. The molecule has 0 saturated carbocycles. The van der Waals surface area contributed by atoms with Crippen LogP contribution in [0.25, 0.3) is 0 Å². The molecule has 3 rings (SSSR count). The number of aromatic nitrogens is 1. The molecular formula is C24H31N3O6S. The summed E-state index contributed by atoms with van der Waals surface area (Å²) in [6.07, 6.45) is 2.63. The van der Waals surface area contributed by atoms with Gasteiger partial charge in [0.15, 0.2) is 0 Å². The van der Waals surface area contributed by atoms with Crippen LogP contribution < -0.4 is 9.62 Å². The molecule has 10 heteroatoms. The number of ether oxygens (including phenoxy) is 1. The van der Waals surface area contributed by atoms with Crippen molar-refractivity contribution in [2.45, 2.75) is 50.8 Å². The zero-order valence-corrected chi connectivity index (χ0v) is 20.7. The molecule has 0 spiro atoms. The number of esters is 1. The quantitative estimate of drug-likeness (QED) is 0.565. The van der Waals surface area contributed by atoms with Gasteiger partial charge in [-0.05, 0) is 48.9 Å². The Balaban J connectivity index is 1.84. The van der Waals surface area contributed by atoms with Gasteiger partial charge in [0.1, 0.15) is 11.4 Å². The third-order valence-electron chi connectivity index (χ3n) is 5.72. The van der Waals surface area contributed by atoms with Crippen LogP contribution in [0.4, 0.5) is 11.5 Å². The van der Waals surface area contributed by atoms with Gasteiger partial charge in [-0.25, -0.2) is 18.2 Å². The molecule has 1 saturated heterocycles. The van der Waals surface area contributed by atoms with Crippen molar-refractivity contribution in [2.75, 3.05) is 29.3 Å². The first-order chi connectivity index (χ1) is 15.9. The first kappa shape index (κ1) is 25.5. The van der Waals surface area contributed by atoms with Gasteiger partial charge in [-0.1, -0.05) is 32.9 Å². The van der Waals surface area contributed by atoms with Gasteiger partial charge in [0.25, 0.3) is 10.0 Å². The number of hydrogen-bond acceptors (Lipinski definition) is 7. The minimum atomic E-state index is -3.94. The van der Waals surface area contributed by atoms with Crippen LogP contribution in [0.1, 0.15) is 56.5 Å². The molecule has 1 aliphatic rings. The average Bonchev–Trinajstić information content (AvgIpc) is 2.78. The number of carboxylic acid groups (broad SMARTS) is 1. The monoisotopic (exact) mass is 489 g/mol. The molecule has 1 aromatic carbocycles. The number of carbonyl (C=O) groups is 2. The number of pyridine rings is 1. The smallest absolute Gasteiger partial charge is 0.339 e. The summed E-state index contributed by atoms with van der Waals surface area (Å²) >= 11 is 0. The summed E-state index contributed by atoms with van der Waals surface area (Å²) in [5, 5.41) is 9.77. The van der Waals surface area contributed by atoms with Gasteiger partial charge in [0, 0.05) is 13.1 Å². The largest absolute Gasteiger partial charge is 0.478 e. The second-order valence-electron chi connectivity index (χ2n) is 9.32. The molecule has 0 amide bonds. The van der Waals surface area contributed by atoms with Crippen molar-refractivity contribution >= 4 is 33.5 Å². The summed E-state index contributed by atoms with van der Waals surface area (Å²) in [5.74, 6) is -1.73. The molecule has 0 bridgehead atoms. The standard InChI is InChI=1S/C24H31N3O6S/c1-5-33-23(30)16-7-6-12-27(15-16)21-20(22(28)29)13-18(14-25-21)26-34(31,32)19-10-8-17(9-11-19)24(2,3)4/h8-11,13-14,16,26H,5-7,12,15H2,1-4H3,(H,28,29). The van der Waals surface area contributed by atoms with Crippen molar-refractivity contribution in [3.63, 3.8) is 0 Å². The molecule has 0 aliphatic carbocycles. The highest BCUT2D eigenvalue weighted by Gasteiger charge is 2.30. The molecule has 0 radical (unpaired) electrons. The van der Waals surface area contributed by atoms with Crippen LogP contribution in [0.5, 0.6) is 0 Å². The lowest BCUT2D eigenvalue weighted by atomic mass is 9.87. The fourth-order valence-corrected chi connectivity index (χ4v) is 4.93. The normalized spacial score (nSPS) is 16.7. The molecule has 1 unspecified atom stereocenters. The molecular weight excluding hydrogens is 458 g/mol. The van der Waals surface area contributed by atoms with Crippen LogP contribution in [0.15, 0.2) is 41.4 Å². The summed E-state index contributed by atoms with van der Waals surface area (Å²) in [5.41, 5.74) is 0.771. The van der Waals surface area contributed by atoms with Gasteiger partial charge in [-0.3, -0.25) is 9.52 Å². The van der Waals surface area contributed by atoms with Gasteiger partial charge >= 0.3 is 11.9 Å². The molecule has 9 nitrogen and oxygen atoms in total. The van der Waals surface area contributed by atoms with Gasteiger partial charge in [-0.2, -0.15) is 0 Å². The zero-order valence-electron chi connectivity index (χ0n) is 19.9. The Morgan fingerprint density at radius 1 is 1.24 bits per heavy atom. The number of aromatic carboxylic acids is 1. The molecule has 184 valence electrons. The molecule has 1 aliphatic heterocycles. The van der Waals surface area contributed by atoms with E-state index < -0.39 is 16.0 Å². The number of benzene rings is 1. The van der Waals surface area contributed by atoms with Crippen molar-refractivity contribution in [3.8, 4) is 0 Å². The Labute approximate surface area is 200 Å². The Morgan fingerprint density at radius 2 is 1.91 bits per heavy atom. The SMILES string of the molecule is CCOC(=O)C1CCCN(c2ncc(NS(=O)(=O)c3ccc(C(C)(C)C)cc3)cc2C(=O)O)C1. The first-order valence-corrected chi connectivity index (χ1v) is 12.7. The van der Waals surface area contributed by atoms with E-state index in [0.717, 1.165) is 5.56 Å². The third kappa shape index (κ3) is 5.85. The van der Waals surface area contributed by atoms with Crippen molar-refractivity contribution < 1.29 is 27.9 Å². The number of sulfonamides is 1. The van der Waals surface area contributed by atoms with E-state index in [1.165, 1.54) is 24.4 Å². The van der Waals surface area contributed by atoms with Crippen molar-refractivity contribution in [3.05, 3.63) is 47.7 Å². The highest BCUT2D eigenvalue weighted by molar-refractivity contribution is 7.92. The van der Waals surface area contributed by atoms with E-state index in [9.17, 15) is 23.1 Å². The molecule has 1 aromatic heterocycles. The van der Waals surface area contributed by atoms with Gasteiger partial charge < -0.3 is 14.7 Å². The minimum absolute atomic E-state index is 0.0417. The molecule has 2 N–H and O–H groups in total. The number of nitrogens with zero attached hydrogens (tertiary/aromatic N) is 2. The number of nitrogens with one attached hydrogen (secondary N) is 1.